The van der Waals surface area contributed by atoms with Gasteiger partial charge in [0.05, 0.1) is 19.3 Å². The number of thiophene rings is 1. The summed E-state index contributed by atoms with van der Waals surface area (Å²) in [5.74, 6) is 0.897. The first-order chi connectivity index (χ1) is 14.1. The lowest BCUT2D eigenvalue weighted by Crippen LogP contribution is -2.30. The Labute approximate surface area is 173 Å². The van der Waals surface area contributed by atoms with Gasteiger partial charge in [0.1, 0.15) is 21.9 Å². The Kier molecular flexibility index (Phi) is 5.37. The molecule has 0 saturated carbocycles. The summed E-state index contributed by atoms with van der Waals surface area (Å²) in [6, 6.07) is 19.8. The van der Waals surface area contributed by atoms with Crippen LogP contribution in [0.1, 0.15) is 5.69 Å². The second-order valence-electron chi connectivity index (χ2n) is 6.13. The number of benzene rings is 2. The Morgan fingerprint density at radius 1 is 1.03 bits per heavy atom. The maximum atomic E-state index is 13.4. The molecule has 0 bridgehead atoms. The number of nitrogens with zero attached hydrogens (tertiary/aromatic N) is 2. The van der Waals surface area contributed by atoms with Crippen molar-refractivity contribution in [3.05, 3.63) is 84.1 Å². The van der Waals surface area contributed by atoms with E-state index in [1.807, 2.05) is 30.3 Å². The molecule has 0 unspecified atom stereocenters. The molecule has 2 heterocycles. The van der Waals surface area contributed by atoms with Gasteiger partial charge < -0.3 is 9.15 Å². The lowest BCUT2D eigenvalue weighted by Gasteiger charge is -2.24. The Bertz CT molecular complexity index is 1190. The minimum atomic E-state index is -3.81. The van der Waals surface area contributed by atoms with Crippen LogP contribution >= 0.6 is 11.3 Å². The molecule has 0 aliphatic carbocycles. The molecule has 8 heteroatoms. The first-order valence-corrected chi connectivity index (χ1v) is 11.1. The van der Waals surface area contributed by atoms with Crippen molar-refractivity contribution in [1.29, 1.82) is 0 Å². The predicted molar refractivity (Wildman–Crippen MR) is 113 cm³/mol. The average molecular weight is 427 g/mol. The molecule has 0 fully saturated rings. The zero-order chi connectivity index (χ0) is 20.3. The zero-order valence-electron chi connectivity index (χ0n) is 15.6. The maximum absolute atomic E-state index is 13.4. The van der Waals surface area contributed by atoms with E-state index in [4.69, 9.17) is 9.15 Å². The van der Waals surface area contributed by atoms with Gasteiger partial charge in [-0.05, 0) is 35.7 Å². The van der Waals surface area contributed by atoms with E-state index < -0.39 is 10.0 Å². The van der Waals surface area contributed by atoms with Gasteiger partial charge in [0.2, 0.25) is 5.89 Å². The van der Waals surface area contributed by atoms with Crippen LogP contribution in [-0.2, 0) is 16.6 Å². The largest absolute Gasteiger partial charge is 0.495 e. The minimum Gasteiger partial charge on any atom is -0.495 e. The molecular formula is C21H18N2O4S2. The van der Waals surface area contributed by atoms with Gasteiger partial charge in [-0.15, -0.1) is 11.3 Å². The van der Waals surface area contributed by atoms with Crippen LogP contribution < -0.4 is 9.04 Å². The first-order valence-electron chi connectivity index (χ1n) is 8.78. The van der Waals surface area contributed by atoms with Crippen molar-refractivity contribution in [3.8, 4) is 17.2 Å². The number of sulfonamides is 1. The second-order valence-corrected chi connectivity index (χ2v) is 9.16. The van der Waals surface area contributed by atoms with Gasteiger partial charge in [-0.2, -0.15) is 0 Å². The number of oxazole rings is 1. The lowest BCUT2D eigenvalue weighted by atomic mass is 10.2. The van der Waals surface area contributed by atoms with Gasteiger partial charge in [0.25, 0.3) is 10.0 Å². The number of hydrogen-bond donors (Lipinski definition) is 0. The Morgan fingerprint density at radius 2 is 1.79 bits per heavy atom. The number of aromatic nitrogens is 1. The molecule has 2 aromatic heterocycles. The maximum Gasteiger partial charge on any atom is 0.274 e. The first kappa shape index (κ1) is 19.2. The van der Waals surface area contributed by atoms with Gasteiger partial charge >= 0.3 is 0 Å². The normalized spacial score (nSPS) is 11.3. The molecule has 6 nitrogen and oxygen atoms in total. The Balaban J connectivity index is 1.75. The highest BCUT2D eigenvalue weighted by Crippen LogP contribution is 2.35. The van der Waals surface area contributed by atoms with Crippen LogP contribution in [0, 0.1) is 0 Å². The summed E-state index contributed by atoms with van der Waals surface area (Å²) in [6.07, 6.45) is 1.48. The van der Waals surface area contributed by atoms with E-state index in [2.05, 4.69) is 4.98 Å². The van der Waals surface area contributed by atoms with Crippen LogP contribution in [0.5, 0.6) is 5.75 Å². The fraction of sp³-hybridized carbons (Fsp3) is 0.0952. The molecule has 0 amide bonds. The quantitative estimate of drug-likeness (QED) is 0.424. The molecule has 0 atom stereocenters. The van der Waals surface area contributed by atoms with Gasteiger partial charge in [-0.25, -0.2) is 13.4 Å². The summed E-state index contributed by atoms with van der Waals surface area (Å²) in [7, 11) is -2.29. The average Bonchev–Trinajstić information content (AvgIpc) is 3.45. The lowest BCUT2D eigenvalue weighted by molar-refractivity contribution is 0.415. The van der Waals surface area contributed by atoms with Crippen LogP contribution in [0.4, 0.5) is 5.69 Å². The summed E-state index contributed by atoms with van der Waals surface area (Å²) in [5, 5.41) is 1.73. The third-order valence-corrected chi connectivity index (χ3v) is 7.40. The van der Waals surface area contributed by atoms with Crippen molar-refractivity contribution < 1.29 is 17.6 Å². The van der Waals surface area contributed by atoms with E-state index in [0.29, 0.717) is 23.0 Å². The molecule has 148 valence electrons. The zero-order valence-corrected chi connectivity index (χ0v) is 17.2. The summed E-state index contributed by atoms with van der Waals surface area (Å²) in [6.45, 7) is 0.0109. The summed E-state index contributed by atoms with van der Waals surface area (Å²) >= 11 is 1.16. The minimum absolute atomic E-state index is 0.0109. The highest BCUT2D eigenvalue weighted by atomic mass is 32.2. The number of hydrogen-bond acceptors (Lipinski definition) is 6. The molecule has 2 aromatic carbocycles. The van der Waals surface area contributed by atoms with Crippen molar-refractivity contribution in [2.24, 2.45) is 0 Å². The van der Waals surface area contributed by atoms with Crippen LogP contribution in [0.25, 0.3) is 11.5 Å². The SMILES string of the molecule is COc1ccccc1N(Cc1coc(-c2ccccc2)n1)S(=O)(=O)c1cccs1. The van der Waals surface area contributed by atoms with E-state index in [-0.39, 0.29) is 10.8 Å². The molecule has 29 heavy (non-hydrogen) atoms. The highest BCUT2D eigenvalue weighted by Gasteiger charge is 2.29. The van der Waals surface area contributed by atoms with Crippen molar-refractivity contribution in [3.63, 3.8) is 0 Å². The van der Waals surface area contributed by atoms with Crippen LogP contribution in [0.15, 0.2) is 87.0 Å². The van der Waals surface area contributed by atoms with Crippen molar-refractivity contribution in [2.75, 3.05) is 11.4 Å². The van der Waals surface area contributed by atoms with Gasteiger partial charge in [-0.1, -0.05) is 36.4 Å². The molecular weight excluding hydrogens is 408 g/mol. The smallest absolute Gasteiger partial charge is 0.274 e. The standard InChI is InChI=1S/C21H18N2O4S2/c1-26-19-11-6-5-10-18(19)23(29(24,25)20-12-7-13-28-20)14-17-15-27-21(22-17)16-8-3-2-4-9-16/h2-13,15H,14H2,1H3. The van der Waals surface area contributed by atoms with Gasteiger partial charge in [0.15, 0.2) is 0 Å². The highest BCUT2D eigenvalue weighted by molar-refractivity contribution is 7.94. The topological polar surface area (TPSA) is 72.6 Å². The number of anilines is 1. The third kappa shape index (κ3) is 3.90. The Morgan fingerprint density at radius 3 is 2.52 bits per heavy atom. The van der Waals surface area contributed by atoms with Crippen LogP contribution in [0.2, 0.25) is 0 Å². The predicted octanol–water partition coefficient (Wildman–Crippen LogP) is 4.81. The number of para-hydroxylation sites is 2. The van der Waals surface area contributed by atoms with E-state index >= 15 is 0 Å². The summed E-state index contributed by atoms with van der Waals surface area (Å²) < 4.78 is 39.3. The second kappa shape index (κ2) is 8.10. The summed E-state index contributed by atoms with van der Waals surface area (Å²) in [5.41, 5.74) is 1.76. The number of ether oxygens (including phenoxy) is 1. The number of methoxy groups -OCH3 is 1. The fourth-order valence-electron chi connectivity index (χ4n) is 2.89. The van der Waals surface area contributed by atoms with E-state index in [9.17, 15) is 8.42 Å². The van der Waals surface area contributed by atoms with E-state index in [1.165, 1.54) is 17.7 Å². The fourth-order valence-corrected chi connectivity index (χ4v) is 5.45. The van der Waals surface area contributed by atoms with Crippen molar-refractivity contribution in [1.82, 2.24) is 4.98 Å². The van der Waals surface area contributed by atoms with Crippen molar-refractivity contribution in [2.45, 2.75) is 10.8 Å². The molecule has 0 aliphatic rings. The van der Waals surface area contributed by atoms with E-state index in [1.54, 1.807) is 41.8 Å². The van der Waals surface area contributed by atoms with Crippen LogP contribution in [-0.4, -0.2) is 20.5 Å². The molecule has 4 aromatic rings. The molecule has 0 spiro atoms. The molecule has 4 rings (SSSR count). The third-order valence-electron chi connectivity index (χ3n) is 4.27. The molecule has 0 aliphatic heterocycles. The van der Waals surface area contributed by atoms with Crippen molar-refractivity contribution >= 4 is 27.0 Å². The molecule has 0 N–H and O–H groups in total. The number of rotatable bonds is 7. The summed E-state index contributed by atoms with van der Waals surface area (Å²) in [4.78, 5) is 4.49. The Hall–Kier alpha value is -3.10. The molecule has 0 saturated heterocycles. The monoisotopic (exact) mass is 426 g/mol. The van der Waals surface area contributed by atoms with Gasteiger partial charge in [-0.3, -0.25) is 4.31 Å². The van der Waals surface area contributed by atoms with Gasteiger partial charge in [0, 0.05) is 5.56 Å². The molecule has 0 radical (unpaired) electrons. The van der Waals surface area contributed by atoms with Crippen LogP contribution in [0.3, 0.4) is 0 Å². The van der Waals surface area contributed by atoms with E-state index in [0.717, 1.165) is 16.9 Å².